The maximum atomic E-state index is 12.4. The molecule has 6 heteroatoms. The largest absolute Gasteiger partial charge is 0.481 e. The summed E-state index contributed by atoms with van der Waals surface area (Å²) in [5.74, 6) is -1.39. The summed E-state index contributed by atoms with van der Waals surface area (Å²) in [4.78, 5) is 10.5. The zero-order valence-corrected chi connectivity index (χ0v) is 9.64. The molecule has 0 saturated heterocycles. The Bertz CT molecular complexity index is 429. The fourth-order valence-corrected chi connectivity index (χ4v) is 1.74. The maximum absolute atomic E-state index is 12.4. The molecule has 17 heavy (non-hydrogen) atoms. The van der Waals surface area contributed by atoms with Crippen molar-refractivity contribution in [3.8, 4) is 0 Å². The summed E-state index contributed by atoms with van der Waals surface area (Å²) in [5.41, 5.74) is -0.434. The van der Waals surface area contributed by atoms with Crippen molar-refractivity contribution in [2.75, 3.05) is 0 Å². The summed E-state index contributed by atoms with van der Waals surface area (Å²) in [6.45, 7) is 1.62. The highest BCUT2D eigenvalue weighted by atomic mass is 35.5. The van der Waals surface area contributed by atoms with Crippen LogP contribution in [0.2, 0.25) is 5.02 Å². The molecular weight excluding hydrogens is 257 g/mol. The lowest BCUT2D eigenvalue weighted by Crippen LogP contribution is -2.07. The highest BCUT2D eigenvalue weighted by molar-refractivity contribution is 6.31. The number of halogens is 4. The lowest BCUT2D eigenvalue weighted by molar-refractivity contribution is -0.138. The number of rotatable bonds is 3. The van der Waals surface area contributed by atoms with Gasteiger partial charge < -0.3 is 5.11 Å². The number of carbonyl (C=O) groups is 1. The molecule has 1 rings (SSSR count). The van der Waals surface area contributed by atoms with Gasteiger partial charge in [-0.3, -0.25) is 4.79 Å². The number of carboxylic acids is 1. The molecule has 0 aromatic heterocycles. The Morgan fingerprint density at radius 2 is 2.06 bits per heavy atom. The summed E-state index contributed by atoms with van der Waals surface area (Å²) in [5, 5.41) is 8.18. The zero-order chi connectivity index (χ0) is 13.2. The molecule has 0 radical (unpaired) electrons. The highest BCUT2D eigenvalue weighted by Crippen LogP contribution is 2.36. The number of alkyl halides is 3. The first-order valence-corrected chi connectivity index (χ1v) is 5.18. The topological polar surface area (TPSA) is 37.3 Å². The Labute approximate surface area is 101 Å². The van der Waals surface area contributed by atoms with E-state index in [9.17, 15) is 18.0 Å². The quantitative estimate of drug-likeness (QED) is 0.900. The van der Waals surface area contributed by atoms with Gasteiger partial charge in [-0.25, -0.2) is 0 Å². The van der Waals surface area contributed by atoms with Crippen molar-refractivity contribution in [3.63, 3.8) is 0 Å². The van der Waals surface area contributed by atoms with Crippen LogP contribution in [0.1, 0.15) is 30.4 Å². The van der Waals surface area contributed by atoms with Crippen molar-refractivity contribution in [3.05, 3.63) is 34.3 Å². The Kier molecular flexibility index (Phi) is 4.03. The van der Waals surface area contributed by atoms with Gasteiger partial charge in [-0.05, 0) is 23.6 Å². The molecule has 2 nitrogen and oxygen atoms in total. The molecule has 94 valence electrons. The number of benzene rings is 1. The number of hydrogen-bond donors (Lipinski definition) is 1. The van der Waals surface area contributed by atoms with Crippen LogP contribution in [0.3, 0.4) is 0 Å². The van der Waals surface area contributed by atoms with Gasteiger partial charge in [-0.15, -0.1) is 0 Å². The molecule has 0 aliphatic heterocycles. The molecule has 0 saturated carbocycles. The van der Waals surface area contributed by atoms with Crippen molar-refractivity contribution < 1.29 is 23.1 Å². The van der Waals surface area contributed by atoms with Crippen molar-refractivity contribution >= 4 is 17.6 Å². The van der Waals surface area contributed by atoms with Crippen molar-refractivity contribution in [2.45, 2.75) is 25.4 Å². The Morgan fingerprint density at radius 1 is 1.47 bits per heavy atom. The minimum atomic E-state index is -4.49. The van der Waals surface area contributed by atoms with E-state index in [4.69, 9.17) is 16.7 Å². The molecule has 1 unspecified atom stereocenters. The molecule has 0 aliphatic carbocycles. The minimum absolute atomic E-state index is 0.151. The standard InChI is InChI=1S/C11H10ClF3O2/c1-6(4-10(16)17)7-2-3-8(9(12)5-7)11(13,14)15/h2-3,5-6H,4H2,1H3,(H,16,17). The van der Waals surface area contributed by atoms with Crippen LogP contribution in [-0.4, -0.2) is 11.1 Å². The van der Waals surface area contributed by atoms with Crippen LogP contribution in [-0.2, 0) is 11.0 Å². The molecule has 1 N–H and O–H groups in total. The monoisotopic (exact) mass is 266 g/mol. The van der Waals surface area contributed by atoms with Crippen molar-refractivity contribution in [1.82, 2.24) is 0 Å². The molecular formula is C11H10ClF3O2. The number of hydrogen-bond acceptors (Lipinski definition) is 1. The molecule has 0 bridgehead atoms. The molecule has 1 aromatic rings. The van der Waals surface area contributed by atoms with Gasteiger partial charge in [0.1, 0.15) is 0 Å². The van der Waals surface area contributed by atoms with Gasteiger partial charge in [0.05, 0.1) is 17.0 Å². The number of carboxylic acid groups (broad SMARTS) is 1. The molecule has 0 amide bonds. The van der Waals surface area contributed by atoms with Crippen LogP contribution in [0.15, 0.2) is 18.2 Å². The summed E-state index contributed by atoms with van der Waals surface area (Å²) in [6, 6.07) is 3.29. The first kappa shape index (κ1) is 13.8. The van der Waals surface area contributed by atoms with Gasteiger partial charge in [0.2, 0.25) is 0 Å². The Hall–Kier alpha value is -1.23. The normalized spacial score (nSPS) is 13.5. The SMILES string of the molecule is CC(CC(=O)O)c1ccc(C(F)(F)F)c(Cl)c1. The third-order valence-electron chi connectivity index (χ3n) is 2.35. The van der Waals surface area contributed by atoms with Crippen molar-refractivity contribution in [2.24, 2.45) is 0 Å². The first-order valence-electron chi connectivity index (χ1n) is 4.80. The van der Waals surface area contributed by atoms with E-state index < -0.39 is 22.7 Å². The van der Waals surface area contributed by atoms with E-state index in [1.54, 1.807) is 6.92 Å². The Balaban J connectivity index is 3.00. The lowest BCUT2D eigenvalue weighted by atomic mass is 9.97. The fraction of sp³-hybridized carbons (Fsp3) is 0.364. The third kappa shape index (κ3) is 3.63. The molecule has 0 spiro atoms. The third-order valence-corrected chi connectivity index (χ3v) is 2.66. The molecule has 0 fully saturated rings. The van der Waals surface area contributed by atoms with Crippen LogP contribution >= 0.6 is 11.6 Å². The molecule has 0 aliphatic rings. The van der Waals surface area contributed by atoms with Gasteiger partial charge in [-0.1, -0.05) is 24.6 Å². The Morgan fingerprint density at radius 3 is 2.47 bits per heavy atom. The maximum Gasteiger partial charge on any atom is 0.417 e. The van der Waals surface area contributed by atoms with Crippen LogP contribution in [0.5, 0.6) is 0 Å². The summed E-state index contributed by atoms with van der Waals surface area (Å²) in [6.07, 6.45) is -4.65. The second kappa shape index (κ2) is 4.96. The van der Waals surface area contributed by atoms with Gasteiger partial charge in [0.15, 0.2) is 0 Å². The summed E-state index contributed by atoms with van der Waals surface area (Å²) >= 11 is 5.53. The molecule has 1 aromatic carbocycles. The van der Waals surface area contributed by atoms with Crippen LogP contribution in [0.25, 0.3) is 0 Å². The highest BCUT2D eigenvalue weighted by Gasteiger charge is 2.33. The average molecular weight is 267 g/mol. The van der Waals surface area contributed by atoms with Crippen molar-refractivity contribution in [1.29, 1.82) is 0 Å². The average Bonchev–Trinajstić information content (AvgIpc) is 2.14. The van der Waals surface area contributed by atoms with Gasteiger partial charge in [-0.2, -0.15) is 13.2 Å². The van der Waals surface area contributed by atoms with Gasteiger partial charge in [0, 0.05) is 0 Å². The number of aliphatic carboxylic acids is 1. The van der Waals surface area contributed by atoms with E-state index in [1.807, 2.05) is 0 Å². The van der Waals surface area contributed by atoms with E-state index in [2.05, 4.69) is 0 Å². The van der Waals surface area contributed by atoms with Crippen LogP contribution < -0.4 is 0 Å². The zero-order valence-electron chi connectivity index (χ0n) is 8.88. The molecule has 1 atom stereocenters. The minimum Gasteiger partial charge on any atom is -0.481 e. The first-order chi connectivity index (χ1) is 7.71. The second-order valence-corrected chi connectivity index (χ2v) is 4.14. The van der Waals surface area contributed by atoms with Crippen LogP contribution in [0, 0.1) is 0 Å². The van der Waals surface area contributed by atoms with Crippen LogP contribution in [0.4, 0.5) is 13.2 Å². The smallest absolute Gasteiger partial charge is 0.417 e. The van der Waals surface area contributed by atoms with E-state index in [-0.39, 0.29) is 12.3 Å². The second-order valence-electron chi connectivity index (χ2n) is 3.74. The summed E-state index contributed by atoms with van der Waals surface area (Å²) in [7, 11) is 0. The summed E-state index contributed by atoms with van der Waals surface area (Å²) < 4.78 is 37.2. The lowest BCUT2D eigenvalue weighted by Gasteiger charge is -2.13. The van der Waals surface area contributed by atoms with E-state index in [1.165, 1.54) is 6.07 Å². The van der Waals surface area contributed by atoms with Gasteiger partial charge >= 0.3 is 12.1 Å². The van der Waals surface area contributed by atoms with E-state index >= 15 is 0 Å². The molecule has 0 heterocycles. The van der Waals surface area contributed by atoms with E-state index in [0.717, 1.165) is 12.1 Å². The van der Waals surface area contributed by atoms with E-state index in [0.29, 0.717) is 5.56 Å². The predicted octanol–water partition coefficient (Wildman–Crippen LogP) is 3.94. The van der Waals surface area contributed by atoms with Gasteiger partial charge in [0.25, 0.3) is 0 Å². The fourth-order valence-electron chi connectivity index (χ4n) is 1.45. The predicted molar refractivity (Wildman–Crippen MR) is 57.1 cm³/mol.